The highest BCUT2D eigenvalue weighted by atomic mass is 15.2. The molecule has 0 spiro atoms. The van der Waals surface area contributed by atoms with Crippen molar-refractivity contribution in [3.63, 3.8) is 0 Å². The summed E-state index contributed by atoms with van der Waals surface area (Å²) in [5.41, 5.74) is 11.3. The lowest BCUT2D eigenvalue weighted by molar-refractivity contribution is 1.23. The molecule has 3 nitrogen and oxygen atoms in total. The van der Waals surface area contributed by atoms with Gasteiger partial charge in [-0.15, -0.1) is 0 Å². The van der Waals surface area contributed by atoms with Gasteiger partial charge in [-0.2, -0.15) is 0 Å². The van der Waals surface area contributed by atoms with E-state index in [0.29, 0.717) is 0 Å². The van der Waals surface area contributed by atoms with Crippen molar-refractivity contribution in [1.29, 1.82) is 0 Å². The van der Waals surface area contributed by atoms with Crippen molar-refractivity contribution in [2.24, 2.45) is 0 Å². The van der Waals surface area contributed by atoms with Crippen LogP contribution in [0.3, 0.4) is 0 Å². The van der Waals surface area contributed by atoms with Gasteiger partial charge in [-0.3, -0.25) is 4.98 Å². The Hall–Kier alpha value is -6.71. The van der Waals surface area contributed by atoms with Crippen LogP contribution in [0.2, 0.25) is 0 Å². The van der Waals surface area contributed by atoms with E-state index in [1.807, 2.05) is 12.3 Å². The minimum Gasteiger partial charge on any atom is -0.309 e. The van der Waals surface area contributed by atoms with E-state index in [4.69, 9.17) is 4.98 Å². The van der Waals surface area contributed by atoms with Gasteiger partial charge in [-0.1, -0.05) is 127 Å². The molecule has 1 aliphatic rings. The molecule has 0 aliphatic carbocycles. The summed E-state index contributed by atoms with van der Waals surface area (Å²) < 4.78 is 0. The van der Waals surface area contributed by atoms with E-state index < -0.39 is 0 Å². The standard InChI is InChI=1S/C47H31N3/c1-2-13-34(14-3-1)42-29-28-38(31-48-42)49(43-21-9-15-32-11-4-6-18-39(32)43)36-24-26-37(27-25-36)50-44-22-10-17-35-16-8-20-41(46(35)44)47-40-19-7-5-12-33(40)23-30-45(47)50/h1-31H. The Labute approximate surface area is 290 Å². The second-order valence-corrected chi connectivity index (χ2v) is 12.8. The monoisotopic (exact) mass is 637 g/mol. The summed E-state index contributed by atoms with van der Waals surface area (Å²) in [4.78, 5) is 9.69. The van der Waals surface area contributed by atoms with Gasteiger partial charge in [-0.25, -0.2) is 0 Å². The highest BCUT2D eigenvalue weighted by Crippen LogP contribution is 2.53. The van der Waals surface area contributed by atoms with Crippen molar-refractivity contribution in [3.8, 4) is 22.4 Å². The zero-order valence-corrected chi connectivity index (χ0v) is 27.2. The number of fused-ring (bicyclic) bond motifs is 5. The maximum atomic E-state index is 4.94. The molecule has 0 unspecified atom stereocenters. The van der Waals surface area contributed by atoms with E-state index in [-0.39, 0.29) is 0 Å². The van der Waals surface area contributed by atoms with Crippen LogP contribution in [0.25, 0.3) is 54.7 Å². The number of rotatable bonds is 5. The van der Waals surface area contributed by atoms with Crippen LogP contribution >= 0.6 is 0 Å². The number of hydrogen-bond donors (Lipinski definition) is 0. The van der Waals surface area contributed by atoms with Crippen LogP contribution in [0.15, 0.2) is 188 Å². The highest BCUT2D eigenvalue weighted by Gasteiger charge is 2.27. The van der Waals surface area contributed by atoms with Crippen LogP contribution in [0.5, 0.6) is 0 Å². The zero-order valence-electron chi connectivity index (χ0n) is 27.2. The molecular weight excluding hydrogens is 607 g/mol. The van der Waals surface area contributed by atoms with Gasteiger partial charge in [0, 0.05) is 33.3 Å². The molecule has 234 valence electrons. The molecule has 0 bridgehead atoms. The molecule has 8 aromatic carbocycles. The quantitative estimate of drug-likeness (QED) is 0.187. The number of nitrogens with zero attached hydrogens (tertiary/aromatic N) is 3. The van der Waals surface area contributed by atoms with Gasteiger partial charge < -0.3 is 9.80 Å². The maximum Gasteiger partial charge on any atom is 0.0703 e. The molecule has 9 aromatic rings. The third kappa shape index (κ3) is 4.48. The Morgan fingerprint density at radius 3 is 1.90 bits per heavy atom. The van der Waals surface area contributed by atoms with Gasteiger partial charge in [0.15, 0.2) is 0 Å². The summed E-state index contributed by atoms with van der Waals surface area (Å²) in [6.07, 6.45) is 1.99. The topological polar surface area (TPSA) is 19.4 Å². The lowest BCUT2D eigenvalue weighted by Crippen LogP contribution is -2.16. The first kappa shape index (κ1) is 28.3. The SMILES string of the molecule is c1ccc(-c2ccc(N(c3ccc(N4c5ccc6ccccc6c5-c5cccc6cccc4c56)cc3)c3cccc4ccccc34)cn2)cc1. The lowest BCUT2D eigenvalue weighted by atomic mass is 9.87. The van der Waals surface area contributed by atoms with E-state index in [9.17, 15) is 0 Å². The van der Waals surface area contributed by atoms with Crippen LogP contribution in [-0.2, 0) is 0 Å². The minimum atomic E-state index is 0.952. The number of hydrogen-bond acceptors (Lipinski definition) is 3. The second-order valence-electron chi connectivity index (χ2n) is 12.8. The Morgan fingerprint density at radius 2 is 1.10 bits per heavy atom. The predicted octanol–water partition coefficient (Wildman–Crippen LogP) is 13.1. The Balaban J connectivity index is 1.14. The normalized spacial score (nSPS) is 12.0. The van der Waals surface area contributed by atoms with Crippen LogP contribution in [0.4, 0.5) is 34.1 Å². The van der Waals surface area contributed by atoms with Gasteiger partial charge in [0.2, 0.25) is 0 Å². The molecule has 0 saturated heterocycles. The van der Waals surface area contributed by atoms with Crippen LogP contribution in [-0.4, -0.2) is 4.98 Å². The van der Waals surface area contributed by atoms with Crippen molar-refractivity contribution < 1.29 is 0 Å². The average Bonchev–Trinajstić information content (AvgIpc) is 3.19. The fourth-order valence-corrected chi connectivity index (χ4v) is 7.73. The predicted molar refractivity (Wildman–Crippen MR) is 211 cm³/mol. The summed E-state index contributed by atoms with van der Waals surface area (Å²) in [6, 6.07) is 65.3. The lowest BCUT2D eigenvalue weighted by Gasteiger charge is -2.34. The smallest absolute Gasteiger partial charge is 0.0703 e. The van der Waals surface area contributed by atoms with Gasteiger partial charge in [-0.05, 0) is 81.7 Å². The van der Waals surface area contributed by atoms with Crippen molar-refractivity contribution in [1.82, 2.24) is 4.98 Å². The largest absolute Gasteiger partial charge is 0.309 e. The fourth-order valence-electron chi connectivity index (χ4n) is 7.73. The van der Waals surface area contributed by atoms with Crippen molar-refractivity contribution in [2.45, 2.75) is 0 Å². The van der Waals surface area contributed by atoms with Crippen LogP contribution in [0, 0.1) is 0 Å². The van der Waals surface area contributed by atoms with Gasteiger partial charge >= 0.3 is 0 Å². The molecule has 0 fully saturated rings. The Kier molecular flexibility index (Phi) is 6.49. The number of aromatic nitrogens is 1. The number of benzene rings is 8. The molecule has 3 heteroatoms. The molecule has 0 saturated carbocycles. The summed E-state index contributed by atoms with van der Waals surface area (Å²) >= 11 is 0. The molecule has 0 atom stereocenters. The summed E-state index contributed by atoms with van der Waals surface area (Å²) in [5, 5.41) is 7.42. The molecule has 1 aromatic heterocycles. The second kappa shape index (κ2) is 11.5. The zero-order chi connectivity index (χ0) is 33.0. The maximum absolute atomic E-state index is 4.94. The number of pyridine rings is 1. The Bertz CT molecular complexity index is 2690. The average molecular weight is 638 g/mol. The molecule has 1 aliphatic heterocycles. The van der Waals surface area contributed by atoms with Gasteiger partial charge in [0.05, 0.1) is 34.6 Å². The summed E-state index contributed by atoms with van der Waals surface area (Å²) in [6.45, 7) is 0. The van der Waals surface area contributed by atoms with E-state index in [2.05, 4.69) is 186 Å². The molecule has 0 amide bonds. The highest BCUT2D eigenvalue weighted by molar-refractivity contribution is 6.19. The molecule has 2 heterocycles. The fraction of sp³-hybridized carbons (Fsp3) is 0. The van der Waals surface area contributed by atoms with Crippen LogP contribution in [0.1, 0.15) is 0 Å². The van der Waals surface area contributed by atoms with Gasteiger partial charge in [0.25, 0.3) is 0 Å². The molecular formula is C47H31N3. The minimum absolute atomic E-state index is 0.952. The van der Waals surface area contributed by atoms with E-state index in [1.54, 1.807) is 0 Å². The molecule has 10 rings (SSSR count). The van der Waals surface area contributed by atoms with E-state index in [1.165, 1.54) is 54.8 Å². The molecule has 0 radical (unpaired) electrons. The Morgan fingerprint density at radius 1 is 0.440 bits per heavy atom. The third-order valence-electron chi connectivity index (χ3n) is 9.99. The first-order valence-electron chi connectivity index (χ1n) is 17.1. The molecule has 0 N–H and O–H groups in total. The van der Waals surface area contributed by atoms with Crippen molar-refractivity contribution in [2.75, 3.05) is 9.80 Å². The summed E-state index contributed by atoms with van der Waals surface area (Å²) in [7, 11) is 0. The van der Waals surface area contributed by atoms with E-state index >= 15 is 0 Å². The number of anilines is 6. The van der Waals surface area contributed by atoms with Crippen molar-refractivity contribution >= 4 is 66.4 Å². The van der Waals surface area contributed by atoms with Gasteiger partial charge in [0.1, 0.15) is 0 Å². The molecule has 50 heavy (non-hydrogen) atoms. The first-order valence-corrected chi connectivity index (χ1v) is 17.1. The van der Waals surface area contributed by atoms with Crippen molar-refractivity contribution in [3.05, 3.63) is 188 Å². The third-order valence-corrected chi connectivity index (χ3v) is 9.99. The van der Waals surface area contributed by atoms with E-state index in [0.717, 1.165) is 34.0 Å². The first-order chi connectivity index (χ1) is 24.8. The summed E-state index contributed by atoms with van der Waals surface area (Å²) in [5.74, 6) is 0. The van der Waals surface area contributed by atoms with Crippen LogP contribution < -0.4 is 9.80 Å².